The number of ether oxygens (including phenoxy) is 1. The Balaban J connectivity index is 1.94. The SMILES string of the molecule is CCOC(=O)C1=C(C)N=c2s/c(=C\c3ccc(I)cc3)c(=O)n2[C@@H]1c1ccc(F)cc1. The van der Waals surface area contributed by atoms with Crippen molar-refractivity contribution in [3.05, 3.63) is 100 Å². The second kappa shape index (κ2) is 8.88. The fourth-order valence-electron chi connectivity index (χ4n) is 3.46. The van der Waals surface area contributed by atoms with E-state index in [1.807, 2.05) is 30.3 Å². The number of allylic oxidation sites excluding steroid dienone is 1. The summed E-state index contributed by atoms with van der Waals surface area (Å²) in [5.74, 6) is -0.932. The molecule has 0 saturated carbocycles. The van der Waals surface area contributed by atoms with Crippen LogP contribution in [0.3, 0.4) is 0 Å². The van der Waals surface area contributed by atoms with Crippen molar-refractivity contribution in [3.63, 3.8) is 0 Å². The van der Waals surface area contributed by atoms with Crippen molar-refractivity contribution in [2.45, 2.75) is 19.9 Å². The number of rotatable bonds is 4. The first kappa shape index (κ1) is 21.6. The normalized spacial score (nSPS) is 16.1. The average molecular weight is 548 g/mol. The molecule has 158 valence electrons. The zero-order chi connectivity index (χ0) is 22.1. The Hall–Kier alpha value is -2.59. The molecule has 8 heteroatoms. The minimum atomic E-state index is -0.741. The van der Waals surface area contributed by atoms with E-state index in [9.17, 15) is 14.0 Å². The Kier molecular flexibility index (Phi) is 6.19. The van der Waals surface area contributed by atoms with E-state index in [1.165, 1.54) is 28.0 Å². The average Bonchev–Trinajstić information content (AvgIpc) is 3.04. The zero-order valence-corrected chi connectivity index (χ0v) is 19.7. The lowest BCUT2D eigenvalue weighted by molar-refractivity contribution is -0.139. The van der Waals surface area contributed by atoms with E-state index in [0.29, 0.717) is 20.6 Å². The van der Waals surface area contributed by atoms with E-state index in [2.05, 4.69) is 27.6 Å². The van der Waals surface area contributed by atoms with E-state index in [1.54, 1.807) is 26.0 Å². The molecule has 0 N–H and O–H groups in total. The minimum Gasteiger partial charge on any atom is -0.463 e. The molecule has 1 aliphatic rings. The van der Waals surface area contributed by atoms with Gasteiger partial charge in [0.1, 0.15) is 5.82 Å². The third-order valence-electron chi connectivity index (χ3n) is 4.87. The van der Waals surface area contributed by atoms with Crippen LogP contribution in [0.2, 0.25) is 0 Å². The molecule has 0 saturated heterocycles. The first-order valence-corrected chi connectivity index (χ1v) is 11.5. The number of carbonyl (C=O) groups is 1. The maximum absolute atomic E-state index is 13.6. The summed E-state index contributed by atoms with van der Waals surface area (Å²) in [7, 11) is 0. The van der Waals surface area contributed by atoms with Gasteiger partial charge >= 0.3 is 5.97 Å². The van der Waals surface area contributed by atoms with Gasteiger partial charge in [-0.25, -0.2) is 14.2 Å². The van der Waals surface area contributed by atoms with Crippen LogP contribution in [-0.2, 0) is 9.53 Å². The molecule has 2 heterocycles. The first-order valence-electron chi connectivity index (χ1n) is 9.59. The van der Waals surface area contributed by atoms with E-state index in [4.69, 9.17) is 4.74 Å². The van der Waals surface area contributed by atoms with Crippen molar-refractivity contribution in [2.75, 3.05) is 6.61 Å². The Labute approximate surface area is 195 Å². The van der Waals surface area contributed by atoms with Gasteiger partial charge in [0.25, 0.3) is 5.56 Å². The van der Waals surface area contributed by atoms with Gasteiger partial charge in [-0.15, -0.1) is 0 Å². The summed E-state index contributed by atoms with van der Waals surface area (Å²) >= 11 is 3.48. The second-order valence-electron chi connectivity index (χ2n) is 6.91. The summed E-state index contributed by atoms with van der Waals surface area (Å²) in [6, 6.07) is 12.8. The van der Waals surface area contributed by atoms with E-state index < -0.39 is 17.8 Å². The van der Waals surface area contributed by atoms with Crippen LogP contribution in [0, 0.1) is 9.39 Å². The largest absolute Gasteiger partial charge is 0.463 e. The summed E-state index contributed by atoms with van der Waals surface area (Å²) < 4.78 is 21.9. The number of esters is 1. The number of benzene rings is 2. The molecule has 0 unspecified atom stereocenters. The van der Waals surface area contributed by atoms with Gasteiger partial charge in [0, 0.05) is 3.57 Å². The molecular formula is C23H18FIN2O3S. The predicted molar refractivity (Wildman–Crippen MR) is 126 cm³/mol. The fourth-order valence-corrected chi connectivity index (χ4v) is 4.87. The maximum Gasteiger partial charge on any atom is 0.338 e. The topological polar surface area (TPSA) is 60.7 Å². The van der Waals surface area contributed by atoms with Gasteiger partial charge in [0.05, 0.1) is 28.5 Å². The van der Waals surface area contributed by atoms with E-state index in [0.717, 1.165) is 9.13 Å². The molecule has 3 aromatic rings. The van der Waals surface area contributed by atoms with Gasteiger partial charge in [0.15, 0.2) is 4.80 Å². The quantitative estimate of drug-likeness (QED) is 0.371. The smallest absolute Gasteiger partial charge is 0.338 e. The second-order valence-corrected chi connectivity index (χ2v) is 9.16. The summed E-state index contributed by atoms with van der Waals surface area (Å²) in [6.07, 6.45) is 1.81. The maximum atomic E-state index is 13.6. The number of nitrogens with zero attached hydrogens (tertiary/aromatic N) is 2. The van der Waals surface area contributed by atoms with Crippen LogP contribution in [-0.4, -0.2) is 17.1 Å². The molecule has 0 spiro atoms. The number of hydrogen-bond donors (Lipinski definition) is 0. The fraction of sp³-hybridized carbons (Fsp3) is 0.174. The molecule has 1 aromatic heterocycles. The van der Waals surface area contributed by atoms with Gasteiger partial charge in [-0.05, 0) is 77.9 Å². The van der Waals surface area contributed by atoms with Crippen LogP contribution in [0.5, 0.6) is 0 Å². The molecule has 0 amide bonds. The summed E-state index contributed by atoms with van der Waals surface area (Å²) in [5, 5.41) is 0. The lowest BCUT2D eigenvalue weighted by Gasteiger charge is -2.24. The molecule has 2 aromatic carbocycles. The Bertz CT molecular complexity index is 1360. The highest BCUT2D eigenvalue weighted by Gasteiger charge is 2.33. The van der Waals surface area contributed by atoms with Gasteiger partial charge in [-0.2, -0.15) is 0 Å². The molecule has 1 aliphatic heterocycles. The van der Waals surface area contributed by atoms with Gasteiger partial charge in [-0.1, -0.05) is 35.6 Å². The molecule has 0 fully saturated rings. The number of hydrogen-bond acceptors (Lipinski definition) is 5. The number of halogens is 2. The molecular weight excluding hydrogens is 530 g/mol. The van der Waals surface area contributed by atoms with Crippen LogP contribution in [0.15, 0.2) is 69.6 Å². The van der Waals surface area contributed by atoms with E-state index >= 15 is 0 Å². The molecule has 1 atom stereocenters. The third kappa shape index (κ3) is 4.27. The zero-order valence-electron chi connectivity index (χ0n) is 16.8. The van der Waals surface area contributed by atoms with Crippen LogP contribution < -0.4 is 14.9 Å². The lowest BCUT2D eigenvalue weighted by atomic mass is 9.96. The molecule has 0 aliphatic carbocycles. The van der Waals surface area contributed by atoms with Crippen molar-refractivity contribution in [3.8, 4) is 0 Å². The van der Waals surface area contributed by atoms with Crippen LogP contribution in [0.4, 0.5) is 4.39 Å². The van der Waals surface area contributed by atoms with Crippen LogP contribution >= 0.6 is 33.9 Å². The molecule has 5 nitrogen and oxygen atoms in total. The highest BCUT2D eigenvalue weighted by molar-refractivity contribution is 14.1. The van der Waals surface area contributed by atoms with Crippen LogP contribution in [0.1, 0.15) is 31.0 Å². The summed E-state index contributed by atoms with van der Waals surface area (Å²) in [5.41, 5.74) is 2.01. The molecule has 31 heavy (non-hydrogen) atoms. The van der Waals surface area contributed by atoms with Crippen molar-refractivity contribution < 1.29 is 13.9 Å². The van der Waals surface area contributed by atoms with Crippen molar-refractivity contribution in [1.82, 2.24) is 4.57 Å². The highest BCUT2D eigenvalue weighted by Crippen LogP contribution is 2.30. The predicted octanol–water partition coefficient (Wildman–Crippen LogP) is 3.54. The molecule has 4 rings (SSSR count). The molecule has 0 radical (unpaired) electrons. The Morgan fingerprint density at radius 1 is 1.23 bits per heavy atom. The van der Waals surface area contributed by atoms with E-state index in [-0.39, 0.29) is 17.7 Å². The number of carbonyl (C=O) groups excluding carboxylic acids is 1. The van der Waals surface area contributed by atoms with Gasteiger partial charge in [-0.3, -0.25) is 9.36 Å². The number of thiazole rings is 1. The Morgan fingerprint density at radius 3 is 2.55 bits per heavy atom. The summed E-state index contributed by atoms with van der Waals surface area (Å²) in [4.78, 5) is 31.2. The molecule has 0 bridgehead atoms. The minimum absolute atomic E-state index is 0.197. The van der Waals surface area contributed by atoms with Gasteiger partial charge in [0.2, 0.25) is 0 Å². The van der Waals surface area contributed by atoms with Crippen molar-refractivity contribution in [2.24, 2.45) is 4.99 Å². The first-order chi connectivity index (χ1) is 14.9. The monoisotopic (exact) mass is 548 g/mol. The summed E-state index contributed by atoms with van der Waals surface area (Å²) in [6.45, 7) is 3.64. The Morgan fingerprint density at radius 2 is 1.90 bits per heavy atom. The highest BCUT2D eigenvalue weighted by atomic mass is 127. The van der Waals surface area contributed by atoms with Gasteiger partial charge < -0.3 is 4.74 Å². The number of fused-ring (bicyclic) bond motifs is 1. The third-order valence-corrected chi connectivity index (χ3v) is 6.57. The number of aromatic nitrogens is 1. The lowest BCUT2D eigenvalue weighted by Crippen LogP contribution is -2.39. The standard InChI is InChI=1S/C23H18FIN2O3S/c1-3-30-22(29)19-13(2)26-23-27(20(19)15-6-8-16(24)9-7-15)21(28)18(31-23)12-14-4-10-17(25)11-5-14/h4-12,20H,3H2,1-2H3/b18-12-/t20-/m1/s1. The van der Waals surface area contributed by atoms with Crippen molar-refractivity contribution in [1.29, 1.82) is 0 Å². The van der Waals surface area contributed by atoms with Crippen LogP contribution in [0.25, 0.3) is 6.08 Å². The van der Waals surface area contributed by atoms with Crippen molar-refractivity contribution >= 4 is 46.0 Å².